The third kappa shape index (κ3) is 7.21. The maximum Gasteiger partial charge on any atom is 0.301 e. The number of anilines is 1. The van der Waals surface area contributed by atoms with Crippen LogP contribution in [-0.2, 0) is 21.9 Å². The summed E-state index contributed by atoms with van der Waals surface area (Å²) in [5.41, 5.74) is 2.28. The zero-order valence-electron chi connectivity index (χ0n) is 25.3. The average Bonchev–Trinajstić information content (AvgIpc) is 3.68. The van der Waals surface area contributed by atoms with E-state index in [1.54, 1.807) is 66.7 Å². The number of amides is 1. The van der Waals surface area contributed by atoms with E-state index in [-0.39, 0.29) is 22.3 Å². The van der Waals surface area contributed by atoms with Gasteiger partial charge in [0.15, 0.2) is 4.34 Å². The number of aliphatic hydroxyl groups excluding tert-OH is 1. The van der Waals surface area contributed by atoms with Crippen LogP contribution >= 0.6 is 23.1 Å². The zero-order chi connectivity index (χ0) is 32.8. The van der Waals surface area contributed by atoms with Crippen LogP contribution in [0.2, 0.25) is 0 Å². The number of halogens is 1. The van der Waals surface area contributed by atoms with E-state index in [2.05, 4.69) is 10.2 Å². The van der Waals surface area contributed by atoms with Gasteiger partial charge in [-0.1, -0.05) is 90.7 Å². The minimum absolute atomic E-state index is 0.0896. The van der Waals surface area contributed by atoms with Gasteiger partial charge < -0.3 is 14.6 Å². The smallest absolute Gasteiger partial charge is 0.301 e. The molecule has 1 N–H and O–H groups in total. The van der Waals surface area contributed by atoms with E-state index in [1.165, 1.54) is 22.7 Å². The third-order valence-electron chi connectivity index (χ3n) is 7.38. The first kappa shape index (κ1) is 32.0. The number of ether oxygens (including phenoxy) is 2. The quantitative estimate of drug-likeness (QED) is 0.0470. The first-order valence-electron chi connectivity index (χ1n) is 14.9. The largest absolute Gasteiger partial charge is 0.507 e. The summed E-state index contributed by atoms with van der Waals surface area (Å²) >= 11 is 2.38. The van der Waals surface area contributed by atoms with E-state index < -0.39 is 17.7 Å². The van der Waals surface area contributed by atoms with Crippen molar-refractivity contribution in [1.82, 2.24) is 10.2 Å². The van der Waals surface area contributed by atoms with E-state index in [4.69, 9.17) is 9.47 Å². The van der Waals surface area contributed by atoms with Crippen molar-refractivity contribution in [2.45, 2.75) is 36.1 Å². The van der Waals surface area contributed by atoms with E-state index in [0.717, 1.165) is 23.3 Å². The van der Waals surface area contributed by atoms with E-state index >= 15 is 0 Å². The third-order valence-corrected chi connectivity index (χ3v) is 9.48. The highest BCUT2D eigenvalue weighted by atomic mass is 32.2. The molecule has 0 bridgehead atoms. The van der Waals surface area contributed by atoms with Crippen molar-refractivity contribution < 1.29 is 28.6 Å². The molecule has 0 spiro atoms. The van der Waals surface area contributed by atoms with Crippen LogP contribution in [0.5, 0.6) is 11.5 Å². The highest BCUT2D eigenvalue weighted by Gasteiger charge is 2.48. The number of aliphatic hydroxyl groups is 1. The summed E-state index contributed by atoms with van der Waals surface area (Å²) in [6, 6.07) is 28.9. The number of ketones is 1. The summed E-state index contributed by atoms with van der Waals surface area (Å²) in [6.45, 7) is 2.86. The van der Waals surface area contributed by atoms with Crippen LogP contribution in [0.4, 0.5) is 9.52 Å². The van der Waals surface area contributed by atoms with Gasteiger partial charge in [-0.25, -0.2) is 4.39 Å². The van der Waals surface area contributed by atoms with Crippen molar-refractivity contribution >= 4 is 45.7 Å². The number of aromatic nitrogens is 2. The fourth-order valence-corrected chi connectivity index (χ4v) is 6.91. The monoisotopic (exact) mass is 667 g/mol. The van der Waals surface area contributed by atoms with Crippen LogP contribution in [0.15, 0.2) is 113 Å². The molecule has 1 atom stereocenters. The van der Waals surface area contributed by atoms with E-state index in [9.17, 15) is 19.1 Å². The predicted octanol–water partition coefficient (Wildman–Crippen LogP) is 7.96. The van der Waals surface area contributed by atoms with Crippen molar-refractivity contribution in [2.75, 3.05) is 11.5 Å². The average molecular weight is 668 g/mol. The standard InChI is InChI=1S/C36H30FN3O5S2/c1-2-19-44-27-17-15-24(16-18-27)32(41)30-31(25-12-8-13-28(20-25)45-21-23-9-4-3-5-10-23)40(34(43)33(30)42)35-38-39-36(47-35)46-22-26-11-6-7-14-29(26)37/h3-18,20,31,41H,2,19,21-22H2,1H3/b32-30+. The van der Waals surface area contributed by atoms with Gasteiger partial charge in [0.25, 0.3) is 5.78 Å². The van der Waals surface area contributed by atoms with Crippen LogP contribution < -0.4 is 14.4 Å². The number of nitrogens with zero attached hydrogens (tertiary/aromatic N) is 3. The number of Topliss-reactive ketones (excluding diaryl/α,β-unsaturated/α-hetero) is 1. The van der Waals surface area contributed by atoms with Gasteiger partial charge >= 0.3 is 5.91 Å². The Bertz CT molecular complexity index is 1910. The second kappa shape index (κ2) is 14.6. The number of hydrogen-bond acceptors (Lipinski definition) is 9. The molecule has 1 amide bonds. The highest BCUT2D eigenvalue weighted by molar-refractivity contribution is 8.00. The lowest BCUT2D eigenvalue weighted by atomic mass is 9.95. The Kier molecular flexibility index (Phi) is 9.94. The molecule has 1 aromatic heterocycles. The molecule has 238 valence electrons. The molecule has 8 nitrogen and oxygen atoms in total. The van der Waals surface area contributed by atoms with Gasteiger partial charge in [0.1, 0.15) is 29.7 Å². The molecular formula is C36H30FN3O5S2. The van der Waals surface area contributed by atoms with Crippen molar-refractivity contribution in [3.8, 4) is 11.5 Å². The van der Waals surface area contributed by atoms with Gasteiger partial charge in [0.2, 0.25) is 5.13 Å². The van der Waals surface area contributed by atoms with Gasteiger partial charge in [0.05, 0.1) is 18.2 Å². The Morgan fingerprint density at radius 2 is 1.68 bits per heavy atom. The van der Waals surface area contributed by atoms with Crippen molar-refractivity contribution in [3.05, 3.63) is 137 Å². The second-order valence-electron chi connectivity index (χ2n) is 10.6. The number of benzene rings is 4. The Labute approximate surface area is 279 Å². The number of carbonyl (C=O) groups excluding carboxylic acids is 2. The SMILES string of the molecule is CCCOc1ccc(/C(O)=C2\C(=O)C(=O)N(c3nnc(SCc4ccccc4F)s3)C2c2cccc(OCc3ccccc3)c2)cc1. The van der Waals surface area contributed by atoms with Crippen LogP contribution in [0.3, 0.4) is 0 Å². The number of hydrogen-bond donors (Lipinski definition) is 1. The maximum absolute atomic E-state index is 14.2. The van der Waals surface area contributed by atoms with Gasteiger partial charge in [-0.3, -0.25) is 14.5 Å². The van der Waals surface area contributed by atoms with Crippen molar-refractivity contribution in [1.29, 1.82) is 0 Å². The summed E-state index contributed by atoms with van der Waals surface area (Å²) in [4.78, 5) is 28.6. The van der Waals surface area contributed by atoms with Gasteiger partial charge in [0, 0.05) is 11.3 Å². The minimum Gasteiger partial charge on any atom is -0.507 e. The van der Waals surface area contributed by atoms with Gasteiger partial charge in [-0.15, -0.1) is 10.2 Å². The van der Waals surface area contributed by atoms with Gasteiger partial charge in [-0.2, -0.15) is 0 Å². The second-order valence-corrected chi connectivity index (χ2v) is 12.8. The fraction of sp³-hybridized carbons (Fsp3) is 0.167. The van der Waals surface area contributed by atoms with Crippen LogP contribution in [-0.4, -0.2) is 33.6 Å². The van der Waals surface area contributed by atoms with Crippen LogP contribution in [0, 0.1) is 5.82 Å². The van der Waals surface area contributed by atoms with E-state index in [0.29, 0.717) is 51.5 Å². The summed E-state index contributed by atoms with van der Waals surface area (Å²) in [7, 11) is 0. The van der Waals surface area contributed by atoms with E-state index in [1.807, 2.05) is 37.3 Å². The highest BCUT2D eigenvalue weighted by Crippen LogP contribution is 2.44. The number of rotatable bonds is 12. The normalized spacial score (nSPS) is 15.6. The summed E-state index contributed by atoms with van der Waals surface area (Å²) in [5.74, 6) is -0.905. The molecule has 1 aliphatic heterocycles. The Morgan fingerprint density at radius 3 is 2.45 bits per heavy atom. The van der Waals surface area contributed by atoms with Crippen molar-refractivity contribution in [2.24, 2.45) is 0 Å². The molecule has 11 heteroatoms. The molecule has 5 aromatic rings. The Hall–Kier alpha value is -5.00. The lowest BCUT2D eigenvalue weighted by Gasteiger charge is -2.23. The van der Waals surface area contributed by atoms with Gasteiger partial charge in [-0.05, 0) is 65.6 Å². The molecule has 0 saturated carbocycles. The minimum atomic E-state index is -1.02. The number of thioether (sulfide) groups is 1. The molecular weight excluding hydrogens is 638 g/mol. The lowest BCUT2D eigenvalue weighted by molar-refractivity contribution is -0.132. The first-order valence-corrected chi connectivity index (χ1v) is 16.7. The molecule has 47 heavy (non-hydrogen) atoms. The molecule has 0 radical (unpaired) electrons. The molecule has 1 fully saturated rings. The molecule has 1 aliphatic rings. The maximum atomic E-state index is 14.2. The molecule has 1 saturated heterocycles. The zero-order valence-corrected chi connectivity index (χ0v) is 27.0. The van der Waals surface area contributed by atoms with Crippen LogP contribution in [0.25, 0.3) is 5.76 Å². The summed E-state index contributed by atoms with van der Waals surface area (Å²) < 4.78 is 26.4. The number of carbonyl (C=O) groups is 2. The lowest BCUT2D eigenvalue weighted by Crippen LogP contribution is -2.29. The first-order chi connectivity index (χ1) is 22.9. The fourth-order valence-electron chi connectivity index (χ4n) is 5.06. The molecule has 1 unspecified atom stereocenters. The Morgan fingerprint density at radius 1 is 0.915 bits per heavy atom. The predicted molar refractivity (Wildman–Crippen MR) is 180 cm³/mol. The van der Waals surface area contributed by atoms with Crippen molar-refractivity contribution in [3.63, 3.8) is 0 Å². The molecule has 4 aromatic carbocycles. The van der Waals surface area contributed by atoms with Crippen LogP contribution in [0.1, 0.15) is 41.6 Å². The summed E-state index contributed by atoms with van der Waals surface area (Å²) in [6.07, 6.45) is 0.842. The Balaban J connectivity index is 1.36. The summed E-state index contributed by atoms with van der Waals surface area (Å²) in [5, 5.41) is 20.2. The topological polar surface area (TPSA) is 102 Å². The molecule has 2 heterocycles. The molecule has 6 rings (SSSR count). The molecule has 0 aliphatic carbocycles.